The highest BCUT2D eigenvalue weighted by molar-refractivity contribution is 7.47. The van der Waals surface area contributed by atoms with E-state index in [0.29, 0.717) is 19.3 Å². The fraction of sp³-hybridized carbons (Fsp3) is 0.852. The number of phosphoric ester groups is 1. The molecule has 1 fully saturated rings. The number of carbonyl (C=O) groups excluding carboxylic acids is 2. The summed E-state index contributed by atoms with van der Waals surface area (Å²) < 4.78 is 33.6. The van der Waals surface area contributed by atoms with E-state index >= 15 is 0 Å². The molecule has 6 unspecified atom stereocenters. The van der Waals surface area contributed by atoms with E-state index in [-0.39, 0.29) is 12.8 Å². The van der Waals surface area contributed by atoms with E-state index in [1.165, 1.54) is 148 Å². The van der Waals surface area contributed by atoms with Crippen molar-refractivity contribution in [3.8, 4) is 0 Å². The van der Waals surface area contributed by atoms with E-state index in [4.69, 9.17) is 18.5 Å². The van der Waals surface area contributed by atoms with Crippen LogP contribution in [0.15, 0.2) is 36.5 Å². The SMILES string of the molecule is CCCCCCCC/C=C/C/C=C/C/C=C/CCCC(=O)OC[C@H](COP(=O)(O)OC1C(O)C(O)C(O)[C@H](O)C1O)OC(=O)CCCCCCCCCCCCCCCCCCCCCCCC. The summed E-state index contributed by atoms with van der Waals surface area (Å²) in [5, 5.41) is 50.3. The zero-order valence-electron chi connectivity index (χ0n) is 42.7. The molecular weight excluding hydrogens is 888 g/mol. The van der Waals surface area contributed by atoms with Gasteiger partial charge in [0.1, 0.15) is 43.2 Å². The van der Waals surface area contributed by atoms with E-state index in [1.807, 2.05) is 12.2 Å². The number of aliphatic hydroxyl groups excluding tert-OH is 5. The first-order valence-electron chi connectivity index (χ1n) is 27.3. The summed E-state index contributed by atoms with van der Waals surface area (Å²) in [5.41, 5.74) is 0. The highest BCUT2D eigenvalue weighted by atomic mass is 31.2. The van der Waals surface area contributed by atoms with Crippen LogP contribution in [0.1, 0.15) is 239 Å². The summed E-state index contributed by atoms with van der Waals surface area (Å²) in [5.74, 6) is -1.15. The Morgan fingerprint density at radius 2 is 0.809 bits per heavy atom. The Hall–Kier alpha value is -1.93. The summed E-state index contributed by atoms with van der Waals surface area (Å²) in [6, 6.07) is 0. The monoisotopic (exact) mass is 987 g/mol. The van der Waals surface area contributed by atoms with E-state index < -0.39 is 75.7 Å². The van der Waals surface area contributed by atoms with Crippen LogP contribution in [-0.2, 0) is 32.7 Å². The molecule has 0 amide bonds. The highest BCUT2D eigenvalue weighted by Gasteiger charge is 2.51. The normalized spacial score (nSPS) is 21.2. The molecule has 0 aliphatic heterocycles. The molecule has 68 heavy (non-hydrogen) atoms. The standard InChI is InChI=1S/C54H99O13P/c1-3-5-7-9-11-13-15-17-19-21-22-23-24-25-27-29-31-33-35-37-39-41-43-48(56)66-46(45-65-68(62,63)67-54-52(60)50(58)49(57)51(59)53(54)61)44-64-47(55)42-40-38-36-34-32-30-28-26-20-18-16-14-12-10-8-6-4-2/h18,20,28,30,34,36,46,49-54,57-61H,3-17,19,21-27,29,31-33,35,37-45H2,1-2H3,(H,62,63)/b20-18+,30-28+,36-34+/t46-,49?,50+,51?,52?,53?,54?/m1/s1. The third-order valence-electron chi connectivity index (χ3n) is 12.7. The third kappa shape index (κ3) is 35.2. The van der Waals surface area contributed by atoms with Crippen LogP contribution in [0, 0.1) is 0 Å². The maximum Gasteiger partial charge on any atom is 0.472 e. The smallest absolute Gasteiger partial charge is 0.462 e. The molecule has 6 N–H and O–H groups in total. The van der Waals surface area contributed by atoms with Crippen LogP contribution in [0.5, 0.6) is 0 Å². The number of rotatable bonds is 46. The topological polar surface area (TPSA) is 210 Å². The van der Waals surface area contributed by atoms with Crippen LogP contribution in [-0.4, -0.2) is 98.3 Å². The maximum atomic E-state index is 12.9. The van der Waals surface area contributed by atoms with Crippen molar-refractivity contribution in [2.45, 2.75) is 281 Å². The molecule has 1 aliphatic rings. The van der Waals surface area contributed by atoms with Gasteiger partial charge in [-0.25, -0.2) is 4.57 Å². The molecule has 1 rings (SSSR count). The summed E-state index contributed by atoms with van der Waals surface area (Å²) >= 11 is 0. The number of hydrogen-bond acceptors (Lipinski definition) is 12. The predicted octanol–water partition coefficient (Wildman–Crippen LogP) is 12.1. The molecule has 0 bridgehead atoms. The zero-order chi connectivity index (χ0) is 49.9. The second-order valence-electron chi connectivity index (χ2n) is 19.1. The summed E-state index contributed by atoms with van der Waals surface area (Å²) in [7, 11) is -5.13. The molecule has 13 nitrogen and oxygen atoms in total. The molecule has 1 saturated carbocycles. The molecule has 398 valence electrons. The van der Waals surface area contributed by atoms with Gasteiger partial charge in [-0.1, -0.05) is 217 Å². The zero-order valence-corrected chi connectivity index (χ0v) is 43.6. The number of carbonyl (C=O) groups is 2. The lowest BCUT2D eigenvalue weighted by Gasteiger charge is -2.41. The molecule has 14 heteroatoms. The van der Waals surface area contributed by atoms with Crippen molar-refractivity contribution in [1.29, 1.82) is 0 Å². The van der Waals surface area contributed by atoms with Crippen molar-refractivity contribution in [3.63, 3.8) is 0 Å². The second-order valence-corrected chi connectivity index (χ2v) is 20.5. The maximum absolute atomic E-state index is 12.9. The van der Waals surface area contributed by atoms with Crippen LogP contribution >= 0.6 is 7.82 Å². The Morgan fingerprint density at radius 1 is 0.456 bits per heavy atom. The van der Waals surface area contributed by atoms with E-state index in [9.17, 15) is 44.6 Å². The molecule has 0 heterocycles. The largest absolute Gasteiger partial charge is 0.472 e. The molecule has 1 aliphatic carbocycles. The van der Waals surface area contributed by atoms with Crippen LogP contribution in [0.2, 0.25) is 0 Å². The average molecular weight is 987 g/mol. The van der Waals surface area contributed by atoms with E-state index in [1.54, 1.807) is 0 Å². The minimum Gasteiger partial charge on any atom is -0.462 e. The number of hydrogen-bond donors (Lipinski definition) is 6. The van der Waals surface area contributed by atoms with Crippen LogP contribution in [0.4, 0.5) is 0 Å². The first-order valence-corrected chi connectivity index (χ1v) is 28.8. The Kier molecular flexibility index (Phi) is 41.3. The van der Waals surface area contributed by atoms with Gasteiger partial charge in [0, 0.05) is 12.8 Å². The lowest BCUT2D eigenvalue weighted by molar-refractivity contribution is -0.220. The van der Waals surface area contributed by atoms with Gasteiger partial charge in [-0.05, 0) is 44.9 Å². The first kappa shape index (κ1) is 64.1. The molecule has 0 aromatic rings. The van der Waals surface area contributed by atoms with Gasteiger partial charge < -0.3 is 39.9 Å². The lowest BCUT2D eigenvalue weighted by atomic mass is 9.85. The number of ether oxygens (including phenoxy) is 2. The number of allylic oxidation sites excluding steroid dienone is 6. The minimum atomic E-state index is -5.13. The number of aliphatic hydroxyl groups is 5. The minimum absolute atomic E-state index is 0.0902. The average Bonchev–Trinajstić information content (AvgIpc) is 3.32. The van der Waals surface area contributed by atoms with Crippen LogP contribution in [0.25, 0.3) is 0 Å². The quantitative estimate of drug-likeness (QED) is 0.0145. The number of esters is 2. The molecule has 0 aromatic heterocycles. The first-order chi connectivity index (χ1) is 32.9. The Balaban J connectivity index is 2.38. The molecule has 0 saturated heterocycles. The molecule has 0 spiro atoms. The van der Waals surface area contributed by atoms with Gasteiger partial charge >= 0.3 is 19.8 Å². The second kappa shape index (κ2) is 43.8. The fourth-order valence-corrected chi connectivity index (χ4v) is 9.34. The van der Waals surface area contributed by atoms with Gasteiger partial charge in [0.25, 0.3) is 0 Å². The van der Waals surface area contributed by atoms with Crippen LogP contribution in [0.3, 0.4) is 0 Å². The van der Waals surface area contributed by atoms with Crippen molar-refractivity contribution in [1.82, 2.24) is 0 Å². The predicted molar refractivity (Wildman–Crippen MR) is 272 cm³/mol. The number of unbranched alkanes of at least 4 members (excludes halogenated alkanes) is 28. The number of phosphoric acid groups is 1. The van der Waals surface area contributed by atoms with Gasteiger partial charge in [0.15, 0.2) is 6.10 Å². The van der Waals surface area contributed by atoms with E-state index in [2.05, 4.69) is 38.2 Å². The molecular formula is C54H99O13P. The fourth-order valence-electron chi connectivity index (χ4n) is 8.36. The molecule has 8 atom stereocenters. The van der Waals surface area contributed by atoms with Gasteiger partial charge in [-0.2, -0.15) is 0 Å². The van der Waals surface area contributed by atoms with E-state index in [0.717, 1.165) is 44.9 Å². The lowest BCUT2D eigenvalue weighted by Crippen LogP contribution is -2.64. The summed E-state index contributed by atoms with van der Waals surface area (Å²) in [6.45, 7) is 3.29. The van der Waals surface area contributed by atoms with Crippen molar-refractivity contribution >= 4 is 19.8 Å². The van der Waals surface area contributed by atoms with Crippen molar-refractivity contribution in [2.24, 2.45) is 0 Å². The van der Waals surface area contributed by atoms with Crippen molar-refractivity contribution in [2.75, 3.05) is 13.2 Å². The van der Waals surface area contributed by atoms with Gasteiger partial charge in [-0.15, -0.1) is 0 Å². The Morgan fingerprint density at radius 3 is 1.25 bits per heavy atom. The Labute approximate surface area is 412 Å². The van der Waals surface area contributed by atoms with Crippen molar-refractivity contribution in [3.05, 3.63) is 36.5 Å². The van der Waals surface area contributed by atoms with Crippen molar-refractivity contribution < 1.29 is 63.1 Å². The third-order valence-corrected chi connectivity index (χ3v) is 13.7. The summed E-state index contributed by atoms with van der Waals surface area (Å²) in [6.07, 6.45) is 39.2. The van der Waals surface area contributed by atoms with Crippen LogP contribution < -0.4 is 0 Å². The highest BCUT2D eigenvalue weighted by Crippen LogP contribution is 2.47. The molecule has 0 aromatic carbocycles. The molecule has 0 radical (unpaired) electrons. The Bertz CT molecular complexity index is 1330. The summed E-state index contributed by atoms with van der Waals surface area (Å²) in [4.78, 5) is 35.9. The van der Waals surface area contributed by atoms with Gasteiger partial charge in [-0.3, -0.25) is 18.6 Å². The van der Waals surface area contributed by atoms with Gasteiger partial charge in [0.05, 0.1) is 6.61 Å². The van der Waals surface area contributed by atoms with Gasteiger partial charge in [0.2, 0.25) is 0 Å².